The van der Waals surface area contributed by atoms with E-state index in [0.717, 1.165) is 0 Å². The lowest BCUT2D eigenvalue weighted by atomic mass is 10.8. The molecule has 0 heterocycles. The highest BCUT2D eigenvalue weighted by Gasteiger charge is 1.57. The summed E-state index contributed by atoms with van der Waals surface area (Å²) in [7, 11) is 0. The summed E-state index contributed by atoms with van der Waals surface area (Å²) in [4.78, 5) is 3.79. The molecule has 2 heteroatoms. The zero-order chi connectivity index (χ0) is 6.24. The van der Waals surface area contributed by atoms with Gasteiger partial charge in [-0.3, -0.25) is 4.99 Å². The van der Waals surface area contributed by atoms with Crippen LogP contribution in [0.1, 0.15) is 6.92 Å². The lowest BCUT2D eigenvalue weighted by Crippen LogP contribution is -1.87. The highest BCUT2D eigenvalue weighted by atomic mass is 14.8. The summed E-state index contributed by atoms with van der Waals surface area (Å²) in [6, 6.07) is 0. The summed E-state index contributed by atoms with van der Waals surface area (Å²) in [5, 5.41) is 2.75. The number of hydrogen-bond acceptors (Lipinski definition) is 2. The maximum atomic E-state index is 3.79. The molecule has 0 aliphatic rings. The Morgan fingerprint density at radius 2 is 2.38 bits per heavy atom. The highest BCUT2D eigenvalue weighted by Crippen LogP contribution is 1.67. The van der Waals surface area contributed by atoms with Gasteiger partial charge in [0.2, 0.25) is 0 Å². The van der Waals surface area contributed by atoms with Crippen molar-refractivity contribution in [1.29, 1.82) is 0 Å². The first kappa shape index (κ1) is 6.95. The van der Waals surface area contributed by atoms with E-state index >= 15 is 0 Å². The molecule has 0 aliphatic heterocycles. The van der Waals surface area contributed by atoms with Gasteiger partial charge in [-0.1, -0.05) is 6.58 Å². The molecule has 0 aliphatic carbocycles. The van der Waals surface area contributed by atoms with E-state index in [1.807, 2.05) is 6.92 Å². The molecule has 0 amide bonds. The molecule has 0 saturated carbocycles. The first-order valence-electron chi connectivity index (χ1n) is 2.41. The summed E-state index contributed by atoms with van der Waals surface area (Å²) >= 11 is 0. The summed E-state index contributed by atoms with van der Waals surface area (Å²) in [6.07, 6.45) is 6.65. The van der Waals surface area contributed by atoms with Gasteiger partial charge in [0.05, 0.1) is 0 Å². The lowest BCUT2D eigenvalue weighted by Gasteiger charge is -1.80. The van der Waals surface area contributed by atoms with Crippen molar-refractivity contribution in [1.82, 2.24) is 5.32 Å². The van der Waals surface area contributed by atoms with Crippen molar-refractivity contribution in [3.8, 4) is 0 Å². The smallest absolute Gasteiger partial charge is 0.0423 e. The van der Waals surface area contributed by atoms with Gasteiger partial charge >= 0.3 is 0 Å². The van der Waals surface area contributed by atoms with Crippen LogP contribution in [0.2, 0.25) is 0 Å². The fourth-order valence-corrected chi connectivity index (χ4v) is 0.240. The van der Waals surface area contributed by atoms with Crippen molar-refractivity contribution >= 4 is 6.21 Å². The molecule has 1 N–H and O–H groups in total. The molecule has 0 atom stereocenters. The molecule has 44 valence electrons. The normalized spacial score (nSPS) is 10.6. The second-order valence-corrected chi connectivity index (χ2v) is 1.09. The van der Waals surface area contributed by atoms with Crippen LogP contribution in [-0.2, 0) is 0 Å². The highest BCUT2D eigenvalue weighted by molar-refractivity contribution is 5.54. The molecule has 2 nitrogen and oxygen atoms in total. The minimum atomic E-state index is 1.58. The van der Waals surface area contributed by atoms with Gasteiger partial charge in [0.1, 0.15) is 0 Å². The molecule has 0 spiro atoms. The van der Waals surface area contributed by atoms with Gasteiger partial charge in [-0.2, -0.15) is 0 Å². The number of hydrogen-bond donors (Lipinski definition) is 1. The van der Waals surface area contributed by atoms with Crippen LogP contribution in [0.3, 0.4) is 0 Å². The Balaban J connectivity index is 3.19. The average Bonchev–Trinajstić information content (AvgIpc) is 1.81. The molecule has 0 unspecified atom stereocenters. The SMILES string of the molecule is C=CN/C=C\N=C/C. The summed E-state index contributed by atoms with van der Waals surface area (Å²) in [5.74, 6) is 0. The number of nitrogens with zero attached hydrogens (tertiary/aromatic N) is 1. The standard InChI is InChI=1S/C6H10N2/c1-3-7-5-6-8-4-2/h3-7H,1H2,2H3/b6-5-,8-4-. The molecule has 8 heavy (non-hydrogen) atoms. The van der Waals surface area contributed by atoms with E-state index in [-0.39, 0.29) is 0 Å². The molecule has 0 bridgehead atoms. The van der Waals surface area contributed by atoms with E-state index < -0.39 is 0 Å². The van der Waals surface area contributed by atoms with Crippen molar-refractivity contribution in [2.24, 2.45) is 4.99 Å². The van der Waals surface area contributed by atoms with Gasteiger partial charge in [-0.25, -0.2) is 0 Å². The Morgan fingerprint density at radius 1 is 1.62 bits per heavy atom. The van der Waals surface area contributed by atoms with Gasteiger partial charge in [-0.15, -0.1) is 0 Å². The molecule has 0 aromatic heterocycles. The molecule has 0 rings (SSSR count). The molecule has 0 aromatic carbocycles. The van der Waals surface area contributed by atoms with Crippen molar-refractivity contribution < 1.29 is 0 Å². The van der Waals surface area contributed by atoms with Gasteiger partial charge in [0.15, 0.2) is 0 Å². The van der Waals surface area contributed by atoms with E-state index in [0.29, 0.717) is 0 Å². The second kappa shape index (κ2) is 5.95. The number of nitrogens with one attached hydrogen (secondary N) is 1. The lowest BCUT2D eigenvalue weighted by molar-refractivity contribution is 1.19. The maximum Gasteiger partial charge on any atom is 0.0423 e. The van der Waals surface area contributed by atoms with Crippen LogP contribution >= 0.6 is 0 Å². The predicted octanol–water partition coefficient (Wildman–Crippen LogP) is 1.28. The fourth-order valence-electron chi connectivity index (χ4n) is 0.240. The Kier molecular flexibility index (Phi) is 5.17. The van der Waals surface area contributed by atoms with Crippen LogP contribution < -0.4 is 5.32 Å². The molecule has 0 saturated heterocycles. The van der Waals surface area contributed by atoms with Crippen molar-refractivity contribution in [3.05, 3.63) is 25.2 Å². The Bertz CT molecular complexity index is 103. The van der Waals surface area contributed by atoms with E-state index in [2.05, 4.69) is 16.9 Å². The molecule has 0 radical (unpaired) electrons. The number of rotatable bonds is 3. The Morgan fingerprint density at radius 3 is 2.88 bits per heavy atom. The van der Waals surface area contributed by atoms with Crippen LogP contribution in [-0.4, -0.2) is 6.21 Å². The minimum absolute atomic E-state index is 1.58. The van der Waals surface area contributed by atoms with E-state index in [1.165, 1.54) is 0 Å². The fraction of sp³-hybridized carbons (Fsp3) is 0.167. The molecular weight excluding hydrogens is 100 g/mol. The van der Waals surface area contributed by atoms with Gasteiger partial charge in [-0.05, 0) is 13.1 Å². The third-order valence-electron chi connectivity index (χ3n) is 0.524. The van der Waals surface area contributed by atoms with Crippen molar-refractivity contribution in [2.45, 2.75) is 6.92 Å². The predicted molar refractivity (Wildman–Crippen MR) is 36.6 cm³/mol. The largest absolute Gasteiger partial charge is 0.367 e. The second-order valence-electron chi connectivity index (χ2n) is 1.09. The third-order valence-corrected chi connectivity index (χ3v) is 0.524. The van der Waals surface area contributed by atoms with Gasteiger partial charge in [0, 0.05) is 18.6 Å². The Labute approximate surface area is 49.6 Å². The molecular formula is C6H10N2. The third kappa shape index (κ3) is 4.95. The zero-order valence-electron chi connectivity index (χ0n) is 4.96. The summed E-state index contributed by atoms with van der Waals surface area (Å²) in [6.45, 7) is 5.30. The van der Waals surface area contributed by atoms with Crippen LogP contribution in [0, 0.1) is 0 Å². The van der Waals surface area contributed by atoms with Gasteiger partial charge < -0.3 is 5.32 Å². The molecule has 0 fully saturated rings. The first-order chi connectivity index (χ1) is 3.91. The van der Waals surface area contributed by atoms with Gasteiger partial charge in [0.25, 0.3) is 0 Å². The quantitative estimate of drug-likeness (QED) is 0.544. The monoisotopic (exact) mass is 110 g/mol. The van der Waals surface area contributed by atoms with Crippen LogP contribution in [0.5, 0.6) is 0 Å². The Hall–Kier alpha value is -1.05. The van der Waals surface area contributed by atoms with E-state index in [1.54, 1.807) is 24.8 Å². The topological polar surface area (TPSA) is 24.4 Å². The molecule has 0 aromatic rings. The van der Waals surface area contributed by atoms with Crippen LogP contribution in [0.15, 0.2) is 30.2 Å². The van der Waals surface area contributed by atoms with E-state index in [4.69, 9.17) is 0 Å². The van der Waals surface area contributed by atoms with Crippen LogP contribution in [0.25, 0.3) is 0 Å². The minimum Gasteiger partial charge on any atom is -0.367 e. The summed E-state index contributed by atoms with van der Waals surface area (Å²) in [5.41, 5.74) is 0. The van der Waals surface area contributed by atoms with Crippen molar-refractivity contribution in [3.63, 3.8) is 0 Å². The van der Waals surface area contributed by atoms with Crippen LogP contribution in [0.4, 0.5) is 0 Å². The van der Waals surface area contributed by atoms with E-state index in [9.17, 15) is 0 Å². The first-order valence-corrected chi connectivity index (χ1v) is 2.41. The summed E-state index contributed by atoms with van der Waals surface area (Å²) < 4.78 is 0. The average molecular weight is 110 g/mol. The van der Waals surface area contributed by atoms with Crippen molar-refractivity contribution in [2.75, 3.05) is 0 Å². The number of aliphatic imine (C=N–C) groups is 1. The zero-order valence-corrected chi connectivity index (χ0v) is 4.96. The maximum absolute atomic E-state index is 3.79.